The van der Waals surface area contributed by atoms with E-state index in [9.17, 15) is 10.1 Å². The Morgan fingerprint density at radius 1 is 1.03 bits per heavy atom. The fourth-order valence-corrected chi connectivity index (χ4v) is 5.05. The van der Waals surface area contributed by atoms with Crippen LogP contribution >= 0.6 is 23.4 Å². The SMILES string of the molecule is COc1ccc(-n2c(C)nnc2S[C@H](C[N+](=O)[O-])c2ccc(OCc3ccccc3Cl)c(OC)c2)cc1. The molecule has 3 aromatic carbocycles. The maximum absolute atomic E-state index is 11.6. The normalized spacial score (nSPS) is 11.7. The fourth-order valence-electron chi connectivity index (χ4n) is 3.70. The number of hydrogen-bond donors (Lipinski definition) is 0. The maximum Gasteiger partial charge on any atom is 0.220 e. The number of halogens is 1. The molecular formula is C26H25ClN4O5S. The number of benzene rings is 3. The molecule has 0 unspecified atom stereocenters. The molecule has 0 saturated carbocycles. The summed E-state index contributed by atoms with van der Waals surface area (Å²) in [6.45, 7) is 1.77. The van der Waals surface area contributed by atoms with Gasteiger partial charge < -0.3 is 14.2 Å². The van der Waals surface area contributed by atoms with Crippen molar-refractivity contribution in [2.24, 2.45) is 0 Å². The second kappa shape index (κ2) is 12.0. The molecule has 0 amide bonds. The molecule has 0 N–H and O–H groups in total. The van der Waals surface area contributed by atoms with Gasteiger partial charge in [-0.3, -0.25) is 14.7 Å². The van der Waals surface area contributed by atoms with Crippen LogP contribution in [0.5, 0.6) is 17.2 Å². The summed E-state index contributed by atoms with van der Waals surface area (Å²) in [5.41, 5.74) is 2.36. The molecule has 0 bridgehead atoms. The van der Waals surface area contributed by atoms with Gasteiger partial charge in [-0.1, -0.05) is 47.6 Å². The first-order valence-corrected chi connectivity index (χ1v) is 12.5. The highest BCUT2D eigenvalue weighted by atomic mass is 35.5. The topological polar surface area (TPSA) is 102 Å². The Bertz CT molecular complexity index is 1380. The third-order valence-electron chi connectivity index (χ3n) is 5.59. The lowest BCUT2D eigenvalue weighted by Gasteiger charge is -2.17. The molecule has 0 fully saturated rings. The van der Waals surface area contributed by atoms with Crippen molar-refractivity contribution in [1.82, 2.24) is 14.8 Å². The molecule has 4 rings (SSSR count). The largest absolute Gasteiger partial charge is 0.497 e. The summed E-state index contributed by atoms with van der Waals surface area (Å²) in [4.78, 5) is 11.2. The van der Waals surface area contributed by atoms with Gasteiger partial charge in [-0.25, -0.2) is 0 Å². The maximum atomic E-state index is 11.6. The summed E-state index contributed by atoms with van der Waals surface area (Å²) in [5.74, 6) is 2.35. The van der Waals surface area contributed by atoms with Crippen LogP contribution in [0, 0.1) is 17.0 Å². The van der Waals surface area contributed by atoms with Crippen LogP contribution in [0.25, 0.3) is 5.69 Å². The molecule has 11 heteroatoms. The molecule has 9 nitrogen and oxygen atoms in total. The van der Waals surface area contributed by atoms with Crippen LogP contribution < -0.4 is 14.2 Å². The number of ether oxygens (including phenoxy) is 3. The zero-order chi connectivity index (χ0) is 26.4. The number of nitrogens with zero attached hydrogens (tertiary/aromatic N) is 4. The van der Waals surface area contributed by atoms with Crippen LogP contribution in [0.1, 0.15) is 22.2 Å². The van der Waals surface area contributed by atoms with Crippen LogP contribution in [0.4, 0.5) is 0 Å². The van der Waals surface area contributed by atoms with E-state index in [1.165, 1.54) is 18.9 Å². The van der Waals surface area contributed by atoms with Gasteiger partial charge in [0.2, 0.25) is 6.54 Å². The van der Waals surface area contributed by atoms with E-state index >= 15 is 0 Å². The van der Waals surface area contributed by atoms with E-state index in [1.54, 1.807) is 31.4 Å². The Hall–Kier alpha value is -3.76. The van der Waals surface area contributed by atoms with Gasteiger partial charge in [-0.15, -0.1) is 10.2 Å². The van der Waals surface area contributed by atoms with E-state index in [0.29, 0.717) is 33.1 Å². The van der Waals surface area contributed by atoms with Crippen molar-refractivity contribution in [3.05, 3.63) is 98.8 Å². The average molecular weight is 541 g/mol. The predicted octanol–water partition coefficient (Wildman–Crippen LogP) is 5.94. The van der Waals surface area contributed by atoms with Gasteiger partial charge >= 0.3 is 0 Å². The van der Waals surface area contributed by atoms with Crippen LogP contribution in [-0.2, 0) is 6.61 Å². The molecule has 1 aromatic heterocycles. The molecule has 0 aliphatic rings. The monoisotopic (exact) mass is 540 g/mol. The fraction of sp³-hybridized carbons (Fsp3) is 0.231. The molecule has 0 aliphatic carbocycles. The number of nitro groups is 1. The molecule has 0 spiro atoms. The summed E-state index contributed by atoms with van der Waals surface area (Å²) < 4.78 is 18.6. The minimum absolute atomic E-state index is 0.257. The lowest BCUT2D eigenvalue weighted by Crippen LogP contribution is -2.11. The average Bonchev–Trinajstić information content (AvgIpc) is 3.27. The van der Waals surface area contributed by atoms with Gasteiger partial charge in [-0.05, 0) is 55.0 Å². The zero-order valence-electron chi connectivity index (χ0n) is 20.5. The lowest BCUT2D eigenvalue weighted by molar-refractivity contribution is -0.479. The van der Waals surface area contributed by atoms with Crippen molar-refractivity contribution in [3.63, 3.8) is 0 Å². The molecule has 1 atom stereocenters. The Kier molecular flexibility index (Phi) is 8.52. The predicted molar refractivity (Wildman–Crippen MR) is 142 cm³/mol. The lowest BCUT2D eigenvalue weighted by atomic mass is 10.1. The molecule has 192 valence electrons. The summed E-state index contributed by atoms with van der Waals surface area (Å²) in [7, 11) is 3.13. The molecule has 0 aliphatic heterocycles. The molecule has 0 saturated heterocycles. The number of thioether (sulfide) groups is 1. The van der Waals surface area contributed by atoms with E-state index < -0.39 is 5.25 Å². The van der Waals surface area contributed by atoms with Crippen molar-refractivity contribution in [1.29, 1.82) is 0 Å². The quantitative estimate of drug-likeness (QED) is 0.131. The van der Waals surface area contributed by atoms with Crippen molar-refractivity contribution >= 4 is 23.4 Å². The van der Waals surface area contributed by atoms with Crippen molar-refractivity contribution in [2.75, 3.05) is 20.8 Å². The van der Waals surface area contributed by atoms with Crippen LogP contribution in [0.15, 0.2) is 71.9 Å². The number of aromatic nitrogens is 3. The third-order valence-corrected chi connectivity index (χ3v) is 7.14. The summed E-state index contributed by atoms with van der Waals surface area (Å²) >= 11 is 7.50. The molecule has 0 radical (unpaired) electrons. The standard InChI is InChI=1S/C26H25ClN4O5S/c1-17-28-29-26(31(17)20-9-11-21(34-2)12-10-20)37-25(15-30(32)33)18-8-13-23(24(14-18)35-3)36-16-19-6-4-5-7-22(19)27/h4-14,25H,15-16H2,1-3H3/t25-/m1/s1. The van der Waals surface area contributed by atoms with Crippen molar-refractivity contribution < 1.29 is 19.1 Å². The van der Waals surface area contributed by atoms with E-state index in [0.717, 1.165) is 17.0 Å². The molecule has 1 heterocycles. The number of methoxy groups -OCH3 is 2. The highest BCUT2D eigenvalue weighted by Gasteiger charge is 2.25. The van der Waals surface area contributed by atoms with E-state index in [2.05, 4.69) is 10.2 Å². The highest BCUT2D eigenvalue weighted by Crippen LogP contribution is 2.39. The second-order valence-corrected chi connectivity index (χ2v) is 9.55. The van der Waals surface area contributed by atoms with E-state index in [1.807, 2.05) is 54.0 Å². The first-order valence-electron chi connectivity index (χ1n) is 11.3. The van der Waals surface area contributed by atoms with Crippen LogP contribution in [0.2, 0.25) is 5.02 Å². The van der Waals surface area contributed by atoms with Gasteiger partial charge in [-0.2, -0.15) is 0 Å². The molecule has 4 aromatic rings. The van der Waals surface area contributed by atoms with Crippen LogP contribution in [-0.4, -0.2) is 40.5 Å². The zero-order valence-corrected chi connectivity index (χ0v) is 22.0. The van der Waals surface area contributed by atoms with Gasteiger partial charge in [0.15, 0.2) is 16.7 Å². The molecule has 37 heavy (non-hydrogen) atoms. The Morgan fingerprint density at radius 2 is 1.78 bits per heavy atom. The third kappa shape index (κ3) is 6.33. The smallest absolute Gasteiger partial charge is 0.220 e. The van der Waals surface area contributed by atoms with Crippen molar-refractivity contribution in [2.45, 2.75) is 23.9 Å². The van der Waals surface area contributed by atoms with Gasteiger partial charge in [0.1, 0.15) is 23.4 Å². The summed E-state index contributed by atoms with van der Waals surface area (Å²) in [6.07, 6.45) is 0. The minimum Gasteiger partial charge on any atom is -0.497 e. The van der Waals surface area contributed by atoms with Gasteiger partial charge in [0, 0.05) is 21.2 Å². The van der Waals surface area contributed by atoms with Gasteiger partial charge in [0.25, 0.3) is 0 Å². The molecular weight excluding hydrogens is 516 g/mol. The Morgan fingerprint density at radius 3 is 2.46 bits per heavy atom. The summed E-state index contributed by atoms with van der Waals surface area (Å²) in [5, 5.41) is 20.7. The first kappa shape index (κ1) is 26.3. The second-order valence-electron chi connectivity index (χ2n) is 7.98. The Balaban J connectivity index is 1.60. The number of hydrogen-bond acceptors (Lipinski definition) is 8. The van der Waals surface area contributed by atoms with E-state index in [4.69, 9.17) is 25.8 Å². The van der Waals surface area contributed by atoms with Crippen LogP contribution in [0.3, 0.4) is 0 Å². The van der Waals surface area contributed by atoms with Crippen molar-refractivity contribution in [3.8, 4) is 22.9 Å². The first-order chi connectivity index (χ1) is 17.9. The van der Waals surface area contributed by atoms with Gasteiger partial charge in [0.05, 0.1) is 14.2 Å². The number of aryl methyl sites for hydroxylation is 1. The highest BCUT2D eigenvalue weighted by molar-refractivity contribution is 7.99. The summed E-state index contributed by atoms with van der Waals surface area (Å²) in [6, 6.07) is 20.2. The number of rotatable bonds is 11. The van der Waals surface area contributed by atoms with E-state index in [-0.39, 0.29) is 18.1 Å². The minimum atomic E-state index is -0.554. The Labute approximate surface area is 223 Å².